The first-order valence-corrected chi connectivity index (χ1v) is 11.5. The van der Waals surface area contributed by atoms with Crippen molar-refractivity contribution >= 4 is 27.6 Å². The molecule has 0 aliphatic rings. The first kappa shape index (κ1) is 21.9. The highest BCUT2D eigenvalue weighted by Gasteiger charge is 2.22. The van der Waals surface area contributed by atoms with E-state index in [2.05, 4.69) is 35.5 Å². The second-order valence-corrected chi connectivity index (χ2v) is 9.72. The first-order valence-electron chi connectivity index (χ1n) is 11.5. The van der Waals surface area contributed by atoms with E-state index in [1.54, 1.807) is 37.3 Å². The number of aromatic amines is 2. The maximum absolute atomic E-state index is 10.4. The number of fused-ring (bicyclic) bond motifs is 2. The Morgan fingerprint density at radius 2 is 1.89 bits per heavy atom. The molecule has 0 saturated heterocycles. The summed E-state index contributed by atoms with van der Waals surface area (Å²) in [6, 6.07) is 7.61. The zero-order valence-corrected chi connectivity index (χ0v) is 19.9. The van der Waals surface area contributed by atoms with Crippen molar-refractivity contribution in [2.75, 3.05) is 5.32 Å². The van der Waals surface area contributed by atoms with Crippen LogP contribution in [0.25, 0.3) is 56.0 Å². The molecule has 0 bridgehead atoms. The minimum absolute atomic E-state index is 0.321. The lowest BCUT2D eigenvalue weighted by molar-refractivity contribution is 0.0880. The van der Waals surface area contributed by atoms with Gasteiger partial charge in [-0.3, -0.25) is 20.1 Å². The fourth-order valence-electron chi connectivity index (χ4n) is 3.95. The first-order chi connectivity index (χ1) is 17.4. The molecule has 1 atom stereocenters. The Bertz CT molecular complexity index is 1680. The molecule has 0 spiro atoms. The summed E-state index contributed by atoms with van der Waals surface area (Å²) in [4.78, 5) is 21.6. The number of H-pyrrole nitrogens is 2. The van der Waals surface area contributed by atoms with E-state index in [4.69, 9.17) is 9.40 Å². The summed E-state index contributed by atoms with van der Waals surface area (Å²) in [6.45, 7) is 5.89. The number of aliphatic hydroxyl groups is 1. The Morgan fingerprint density at radius 1 is 1.00 bits per heavy atom. The summed E-state index contributed by atoms with van der Waals surface area (Å²) in [5, 5.41) is 22.0. The van der Waals surface area contributed by atoms with Crippen LogP contribution in [0.2, 0.25) is 0 Å². The van der Waals surface area contributed by atoms with Crippen molar-refractivity contribution < 1.29 is 9.52 Å². The van der Waals surface area contributed by atoms with Crippen molar-refractivity contribution in [3.8, 4) is 34.0 Å². The quantitative estimate of drug-likeness (QED) is 0.253. The average Bonchev–Trinajstić information content (AvgIpc) is 3.62. The largest absolute Gasteiger partial charge is 0.472 e. The number of furan rings is 1. The molecular formula is C26H24N8O2. The number of nitrogens with one attached hydrogen (secondary N) is 3. The molecule has 4 N–H and O–H groups in total. The third-order valence-corrected chi connectivity index (χ3v) is 6.02. The number of aromatic nitrogens is 7. The number of anilines is 1. The fraction of sp³-hybridized carbons (Fsp3) is 0.192. The molecule has 6 aromatic heterocycles. The molecule has 6 aromatic rings. The van der Waals surface area contributed by atoms with Gasteiger partial charge in [-0.15, -0.1) is 0 Å². The van der Waals surface area contributed by atoms with Crippen molar-refractivity contribution in [3.05, 3.63) is 61.6 Å². The molecule has 0 radical (unpaired) electrons. The Labute approximate surface area is 205 Å². The topological polar surface area (TPSA) is 141 Å². The van der Waals surface area contributed by atoms with E-state index in [9.17, 15) is 5.11 Å². The van der Waals surface area contributed by atoms with Gasteiger partial charge in [-0.25, -0.2) is 4.98 Å². The number of aliphatic hydroxyl groups excluding tert-OH is 1. The molecule has 180 valence electrons. The van der Waals surface area contributed by atoms with E-state index >= 15 is 0 Å². The highest BCUT2D eigenvalue weighted by atomic mass is 16.3. The van der Waals surface area contributed by atoms with Gasteiger partial charge in [-0.2, -0.15) is 5.10 Å². The van der Waals surface area contributed by atoms with Gasteiger partial charge in [0.05, 0.1) is 47.3 Å². The van der Waals surface area contributed by atoms with Crippen LogP contribution in [0, 0.1) is 5.41 Å². The number of imidazole rings is 1. The van der Waals surface area contributed by atoms with Crippen LogP contribution in [0.5, 0.6) is 0 Å². The van der Waals surface area contributed by atoms with Gasteiger partial charge < -0.3 is 19.8 Å². The zero-order valence-electron chi connectivity index (χ0n) is 19.9. The van der Waals surface area contributed by atoms with Crippen LogP contribution >= 0.6 is 0 Å². The summed E-state index contributed by atoms with van der Waals surface area (Å²) < 4.78 is 5.23. The Balaban J connectivity index is 1.40. The predicted molar refractivity (Wildman–Crippen MR) is 137 cm³/mol. The SMILES string of the molecule is CC(C)(C)C(O)Nc1cncc(-c2cc3c(-c4nc5c(-c6ccoc6)nccc5[nH]4)n[nH]c3cn2)c1. The zero-order chi connectivity index (χ0) is 24.9. The predicted octanol–water partition coefficient (Wildman–Crippen LogP) is 4.99. The minimum Gasteiger partial charge on any atom is -0.472 e. The molecule has 0 fully saturated rings. The summed E-state index contributed by atoms with van der Waals surface area (Å²) >= 11 is 0. The average molecular weight is 481 g/mol. The molecule has 0 aliphatic carbocycles. The Kier molecular flexibility index (Phi) is 5.04. The van der Waals surface area contributed by atoms with Gasteiger partial charge in [0.1, 0.15) is 23.1 Å². The summed E-state index contributed by atoms with van der Waals surface area (Å²) in [7, 11) is 0. The van der Waals surface area contributed by atoms with Crippen molar-refractivity contribution in [2.45, 2.75) is 27.0 Å². The Hall–Kier alpha value is -4.57. The normalized spacial score (nSPS) is 12.9. The molecule has 6 heterocycles. The lowest BCUT2D eigenvalue weighted by Crippen LogP contribution is -2.33. The third-order valence-electron chi connectivity index (χ3n) is 6.02. The van der Waals surface area contributed by atoms with Gasteiger partial charge in [-0.1, -0.05) is 20.8 Å². The molecule has 0 amide bonds. The molecule has 0 saturated carbocycles. The number of hydrogen-bond donors (Lipinski definition) is 4. The van der Waals surface area contributed by atoms with E-state index in [1.165, 1.54) is 0 Å². The standard InChI is InChI=1S/C26H24N8O2/c1-26(2,3)25(35)30-16-8-15(10-27-11-16)19-9-17-20(12-29-19)33-34-22(17)24-31-18-4-6-28-21(23(18)32-24)14-5-7-36-13-14/h4-13,25,30,35H,1-3H3,(H,31,32)(H,33,34). The van der Waals surface area contributed by atoms with Crippen molar-refractivity contribution in [2.24, 2.45) is 5.41 Å². The van der Waals surface area contributed by atoms with E-state index in [0.717, 1.165) is 44.5 Å². The van der Waals surface area contributed by atoms with Crippen LogP contribution in [-0.2, 0) is 0 Å². The lowest BCUT2D eigenvalue weighted by Gasteiger charge is -2.27. The smallest absolute Gasteiger partial charge is 0.159 e. The monoisotopic (exact) mass is 480 g/mol. The highest BCUT2D eigenvalue weighted by Crippen LogP contribution is 2.32. The molecule has 36 heavy (non-hydrogen) atoms. The third kappa shape index (κ3) is 3.87. The van der Waals surface area contributed by atoms with E-state index in [0.29, 0.717) is 17.2 Å². The molecule has 10 nitrogen and oxygen atoms in total. The van der Waals surface area contributed by atoms with Gasteiger partial charge in [0, 0.05) is 34.3 Å². The van der Waals surface area contributed by atoms with E-state index < -0.39 is 6.23 Å². The summed E-state index contributed by atoms with van der Waals surface area (Å²) in [5.74, 6) is 0.619. The lowest BCUT2D eigenvalue weighted by atomic mass is 9.94. The van der Waals surface area contributed by atoms with Crippen molar-refractivity contribution in [3.63, 3.8) is 0 Å². The van der Waals surface area contributed by atoms with Crippen LogP contribution in [0.4, 0.5) is 5.69 Å². The second-order valence-electron chi connectivity index (χ2n) is 9.72. The second kappa shape index (κ2) is 8.28. The van der Waals surface area contributed by atoms with Crippen LogP contribution < -0.4 is 5.32 Å². The maximum atomic E-state index is 10.4. The van der Waals surface area contributed by atoms with Crippen LogP contribution in [0.1, 0.15) is 20.8 Å². The maximum Gasteiger partial charge on any atom is 0.159 e. The van der Waals surface area contributed by atoms with Gasteiger partial charge in [0.2, 0.25) is 0 Å². The van der Waals surface area contributed by atoms with Gasteiger partial charge in [0.15, 0.2) is 5.82 Å². The molecule has 10 heteroatoms. The molecule has 1 unspecified atom stereocenters. The number of nitrogens with zero attached hydrogens (tertiary/aromatic N) is 5. The number of rotatable bonds is 5. The van der Waals surface area contributed by atoms with E-state index in [1.807, 2.05) is 45.0 Å². The van der Waals surface area contributed by atoms with Crippen LogP contribution in [0.3, 0.4) is 0 Å². The number of hydrogen-bond acceptors (Lipinski definition) is 8. The van der Waals surface area contributed by atoms with Gasteiger partial charge in [0.25, 0.3) is 0 Å². The number of pyridine rings is 3. The minimum atomic E-state index is -0.722. The molecular weight excluding hydrogens is 456 g/mol. The summed E-state index contributed by atoms with van der Waals surface area (Å²) in [6.07, 6.45) is 9.44. The van der Waals surface area contributed by atoms with Crippen molar-refractivity contribution in [1.82, 2.24) is 35.1 Å². The van der Waals surface area contributed by atoms with Crippen LogP contribution in [-0.4, -0.2) is 46.5 Å². The van der Waals surface area contributed by atoms with Gasteiger partial charge in [-0.05, 0) is 24.3 Å². The van der Waals surface area contributed by atoms with Crippen molar-refractivity contribution in [1.29, 1.82) is 0 Å². The Morgan fingerprint density at radius 3 is 2.69 bits per heavy atom. The molecule has 0 aromatic carbocycles. The highest BCUT2D eigenvalue weighted by molar-refractivity contribution is 5.96. The summed E-state index contributed by atoms with van der Waals surface area (Å²) in [5.41, 5.74) is 6.56. The molecule has 0 aliphatic heterocycles. The van der Waals surface area contributed by atoms with Crippen LogP contribution in [0.15, 0.2) is 66.0 Å². The van der Waals surface area contributed by atoms with Gasteiger partial charge >= 0.3 is 0 Å². The molecule has 6 rings (SSSR count). The fourth-order valence-corrected chi connectivity index (χ4v) is 3.95. The van der Waals surface area contributed by atoms with E-state index in [-0.39, 0.29) is 5.41 Å².